The molecule has 0 amide bonds. The van der Waals surface area contributed by atoms with Crippen LogP contribution in [0.4, 0.5) is 10.1 Å². The lowest BCUT2D eigenvalue weighted by Crippen LogP contribution is -2.30. The van der Waals surface area contributed by atoms with Crippen LogP contribution in [0, 0.1) is 12.7 Å². The van der Waals surface area contributed by atoms with Crippen LogP contribution in [0.25, 0.3) is 0 Å². The maximum atomic E-state index is 13.4. The monoisotopic (exact) mass is 282 g/mol. The van der Waals surface area contributed by atoms with Gasteiger partial charge in [0.1, 0.15) is 11.7 Å². The second-order valence-electron chi connectivity index (χ2n) is 5.62. The number of aryl methyl sites for hydroxylation is 1. The smallest absolute Gasteiger partial charge is 0.123 e. The fourth-order valence-electron chi connectivity index (χ4n) is 2.95. The first kappa shape index (κ1) is 13.8. The summed E-state index contributed by atoms with van der Waals surface area (Å²) in [5.41, 5.74) is 4.41. The third kappa shape index (κ3) is 2.56. The number of hydrogen-bond acceptors (Lipinski definition) is 2. The van der Waals surface area contributed by atoms with E-state index >= 15 is 0 Å². The molecule has 108 valence electrons. The number of rotatable bonds is 1. The number of aliphatic imine (C=N–C) groups is 1. The molecule has 2 nitrogen and oxygen atoms in total. The first-order chi connectivity index (χ1) is 10.1. The SMILES string of the molecule is CC1=Nc2ccccc2CC(c2ccc(F)cc2C)N1C. The molecule has 0 saturated carbocycles. The van der Waals surface area contributed by atoms with Crippen LogP contribution in [0.15, 0.2) is 47.5 Å². The largest absolute Gasteiger partial charge is 0.356 e. The maximum Gasteiger partial charge on any atom is 0.123 e. The zero-order valence-corrected chi connectivity index (χ0v) is 12.6. The molecular weight excluding hydrogens is 263 g/mol. The summed E-state index contributed by atoms with van der Waals surface area (Å²) in [7, 11) is 2.05. The topological polar surface area (TPSA) is 15.6 Å². The highest BCUT2D eigenvalue weighted by Crippen LogP contribution is 2.34. The number of fused-ring (bicyclic) bond motifs is 1. The van der Waals surface area contributed by atoms with Crippen molar-refractivity contribution in [2.45, 2.75) is 26.3 Å². The van der Waals surface area contributed by atoms with Gasteiger partial charge >= 0.3 is 0 Å². The Hall–Kier alpha value is -2.16. The summed E-state index contributed by atoms with van der Waals surface area (Å²) in [6, 6.07) is 13.4. The van der Waals surface area contributed by atoms with E-state index in [2.05, 4.69) is 18.0 Å². The van der Waals surface area contributed by atoms with Gasteiger partial charge in [-0.2, -0.15) is 0 Å². The third-order valence-corrected chi connectivity index (χ3v) is 4.26. The van der Waals surface area contributed by atoms with E-state index in [-0.39, 0.29) is 11.9 Å². The van der Waals surface area contributed by atoms with Crippen molar-refractivity contribution < 1.29 is 4.39 Å². The van der Waals surface area contributed by atoms with Gasteiger partial charge in [-0.05, 0) is 55.2 Å². The molecule has 1 aliphatic rings. The van der Waals surface area contributed by atoms with Crippen LogP contribution < -0.4 is 0 Å². The molecule has 1 heterocycles. The molecule has 1 atom stereocenters. The van der Waals surface area contributed by atoms with Crippen LogP contribution in [-0.4, -0.2) is 17.8 Å². The quantitative estimate of drug-likeness (QED) is 0.756. The second kappa shape index (κ2) is 5.32. The van der Waals surface area contributed by atoms with Crippen molar-refractivity contribution in [3.63, 3.8) is 0 Å². The van der Waals surface area contributed by atoms with Gasteiger partial charge in [-0.1, -0.05) is 24.3 Å². The van der Waals surface area contributed by atoms with Crippen LogP contribution in [-0.2, 0) is 6.42 Å². The van der Waals surface area contributed by atoms with E-state index in [0.717, 1.165) is 29.1 Å². The fourth-order valence-corrected chi connectivity index (χ4v) is 2.95. The molecule has 2 aromatic carbocycles. The van der Waals surface area contributed by atoms with E-state index in [4.69, 9.17) is 4.99 Å². The van der Waals surface area contributed by atoms with Gasteiger partial charge in [0.2, 0.25) is 0 Å². The molecule has 0 aromatic heterocycles. The molecule has 0 spiro atoms. The van der Waals surface area contributed by atoms with Crippen LogP contribution in [0.2, 0.25) is 0 Å². The molecule has 3 heteroatoms. The average molecular weight is 282 g/mol. The van der Waals surface area contributed by atoms with Gasteiger partial charge in [0, 0.05) is 7.05 Å². The van der Waals surface area contributed by atoms with Crippen molar-refractivity contribution in [3.05, 3.63) is 65.0 Å². The molecule has 21 heavy (non-hydrogen) atoms. The zero-order chi connectivity index (χ0) is 15.0. The van der Waals surface area contributed by atoms with E-state index in [9.17, 15) is 4.39 Å². The molecule has 0 N–H and O–H groups in total. The highest BCUT2D eigenvalue weighted by atomic mass is 19.1. The lowest BCUT2D eigenvalue weighted by atomic mass is 9.94. The summed E-state index contributed by atoms with van der Waals surface area (Å²) >= 11 is 0. The lowest BCUT2D eigenvalue weighted by Gasteiger charge is -2.29. The van der Waals surface area contributed by atoms with E-state index < -0.39 is 0 Å². The predicted molar refractivity (Wildman–Crippen MR) is 84.6 cm³/mol. The van der Waals surface area contributed by atoms with Crippen LogP contribution in [0.3, 0.4) is 0 Å². The third-order valence-electron chi connectivity index (χ3n) is 4.26. The zero-order valence-electron chi connectivity index (χ0n) is 12.6. The number of nitrogens with zero attached hydrogens (tertiary/aromatic N) is 2. The number of para-hydroxylation sites is 1. The molecule has 2 aromatic rings. The summed E-state index contributed by atoms with van der Waals surface area (Å²) in [5.74, 6) is 0.798. The number of hydrogen-bond donors (Lipinski definition) is 0. The van der Waals surface area contributed by atoms with Gasteiger partial charge in [-0.3, -0.25) is 0 Å². The molecule has 0 radical (unpaired) electrons. The minimum absolute atomic E-state index is 0.179. The van der Waals surface area contributed by atoms with Crippen LogP contribution in [0.1, 0.15) is 29.7 Å². The van der Waals surface area contributed by atoms with Crippen molar-refractivity contribution in [3.8, 4) is 0 Å². The highest BCUT2D eigenvalue weighted by Gasteiger charge is 2.24. The number of amidine groups is 1. The van der Waals surface area contributed by atoms with Gasteiger partial charge in [0.15, 0.2) is 0 Å². The van der Waals surface area contributed by atoms with Crippen molar-refractivity contribution in [1.82, 2.24) is 4.90 Å². The van der Waals surface area contributed by atoms with E-state index in [1.807, 2.05) is 38.1 Å². The first-order valence-corrected chi connectivity index (χ1v) is 7.18. The van der Waals surface area contributed by atoms with Crippen molar-refractivity contribution in [2.24, 2.45) is 4.99 Å². The molecule has 0 fully saturated rings. The Bertz CT molecular complexity index is 706. The Labute approximate surface area is 124 Å². The molecule has 0 saturated heterocycles. The Morgan fingerprint density at radius 2 is 1.90 bits per heavy atom. The summed E-state index contributed by atoms with van der Waals surface area (Å²) in [4.78, 5) is 6.89. The first-order valence-electron chi connectivity index (χ1n) is 7.18. The van der Waals surface area contributed by atoms with Crippen LogP contribution >= 0.6 is 0 Å². The Morgan fingerprint density at radius 3 is 2.67 bits per heavy atom. The fraction of sp³-hybridized carbons (Fsp3) is 0.278. The molecule has 1 unspecified atom stereocenters. The van der Waals surface area contributed by atoms with Gasteiger partial charge in [-0.25, -0.2) is 9.38 Å². The Balaban J connectivity index is 2.09. The van der Waals surface area contributed by atoms with E-state index in [1.54, 1.807) is 12.1 Å². The summed E-state index contributed by atoms with van der Waals surface area (Å²) in [5, 5.41) is 0. The van der Waals surface area contributed by atoms with Gasteiger partial charge < -0.3 is 4.90 Å². The van der Waals surface area contributed by atoms with Crippen molar-refractivity contribution in [1.29, 1.82) is 0 Å². The number of benzene rings is 2. The summed E-state index contributed by atoms with van der Waals surface area (Å²) < 4.78 is 13.4. The van der Waals surface area contributed by atoms with Gasteiger partial charge in [-0.15, -0.1) is 0 Å². The molecule has 1 aliphatic heterocycles. The van der Waals surface area contributed by atoms with Gasteiger partial charge in [0.05, 0.1) is 11.7 Å². The molecule has 3 rings (SSSR count). The molecule has 0 aliphatic carbocycles. The maximum absolute atomic E-state index is 13.4. The van der Waals surface area contributed by atoms with E-state index in [0.29, 0.717) is 0 Å². The van der Waals surface area contributed by atoms with Crippen LogP contribution in [0.5, 0.6) is 0 Å². The minimum Gasteiger partial charge on any atom is -0.356 e. The van der Waals surface area contributed by atoms with Gasteiger partial charge in [0.25, 0.3) is 0 Å². The van der Waals surface area contributed by atoms with Crippen molar-refractivity contribution >= 4 is 11.5 Å². The number of halogens is 1. The highest BCUT2D eigenvalue weighted by molar-refractivity contribution is 5.84. The van der Waals surface area contributed by atoms with Crippen molar-refractivity contribution in [2.75, 3.05) is 7.05 Å². The minimum atomic E-state index is -0.182. The molecular formula is C18H19FN2. The second-order valence-corrected chi connectivity index (χ2v) is 5.62. The number of likely N-dealkylation sites (N-methyl/N-ethyl adjacent to an activating group) is 1. The molecule has 0 bridgehead atoms. The lowest BCUT2D eigenvalue weighted by molar-refractivity contribution is 0.372. The normalized spacial score (nSPS) is 18.0. The standard InChI is InChI=1S/C18H19FN2/c1-12-10-15(19)8-9-16(12)18-11-14-6-4-5-7-17(14)20-13(2)21(18)3/h4-10,18H,11H2,1-3H3. The Kier molecular flexibility index (Phi) is 3.50. The summed E-state index contributed by atoms with van der Waals surface area (Å²) in [6.07, 6.45) is 0.875. The predicted octanol–water partition coefficient (Wildman–Crippen LogP) is 4.41. The summed E-state index contributed by atoms with van der Waals surface area (Å²) in [6.45, 7) is 3.99. The average Bonchev–Trinajstić information content (AvgIpc) is 2.57. The van der Waals surface area contributed by atoms with E-state index in [1.165, 1.54) is 5.56 Å². The Morgan fingerprint density at radius 1 is 1.14 bits per heavy atom.